The summed E-state index contributed by atoms with van der Waals surface area (Å²) in [6.45, 7) is 1.27. The molecule has 2 aromatic rings. The molecule has 2 N–H and O–H groups in total. The van der Waals surface area contributed by atoms with Crippen LogP contribution < -0.4 is 10.1 Å². The summed E-state index contributed by atoms with van der Waals surface area (Å²) >= 11 is 0. The molecule has 142 valence electrons. The largest absolute Gasteiger partial charge is 0.491 e. The van der Waals surface area contributed by atoms with E-state index in [1.807, 2.05) is 18.2 Å². The highest BCUT2D eigenvalue weighted by atomic mass is 16.5. The maximum atomic E-state index is 12.5. The Kier molecular flexibility index (Phi) is 6.44. The van der Waals surface area contributed by atoms with E-state index < -0.39 is 5.97 Å². The number of carbonyl (C=O) groups excluding carboxylic acids is 1. The van der Waals surface area contributed by atoms with Crippen LogP contribution in [-0.4, -0.2) is 36.3 Å². The van der Waals surface area contributed by atoms with Crippen molar-refractivity contribution in [3.8, 4) is 5.75 Å². The van der Waals surface area contributed by atoms with E-state index in [4.69, 9.17) is 14.6 Å². The van der Waals surface area contributed by atoms with Gasteiger partial charge in [-0.25, -0.2) is 0 Å². The summed E-state index contributed by atoms with van der Waals surface area (Å²) < 4.78 is 11.3. The summed E-state index contributed by atoms with van der Waals surface area (Å²) in [5.74, 6) is -0.410. The number of carboxylic acid groups (broad SMARTS) is 1. The molecular formula is C21H23NO5. The number of nitrogens with one attached hydrogen (secondary N) is 1. The minimum Gasteiger partial charge on any atom is -0.491 e. The Morgan fingerprint density at radius 3 is 2.70 bits per heavy atom. The van der Waals surface area contributed by atoms with Gasteiger partial charge in [0.15, 0.2) is 0 Å². The summed E-state index contributed by atoms with van der Waals surface area (Å²) in [5.41, 5.74) is 2.08. The smallest absolute Gasteiger partial charge is 0.303 e. The van der Waals surface area contributed by atoms with E-state index in [0.717, 1.165) is 25.0 Å². The first-order valence-corrected chi connectivity index (χ1v) is 9.07. The predicted molar refractivity (Wildman–Crippen MR) is 101 cm³/mol. The summed E-state index contributed by atoms with van der Waals surface area (Å²) in [6, 6.07) is 14.2. The molecule has 1 amide bonds. The minimum absolute atomic E-state index is 0.0877. The molecule has 1 aliphatic heterocycles. The average Bonchev–Trinajstić information content (AvgIpc) is 3.19. The number of hydrogen-bond acceptors (Lipinski definition) is 4. The van der Waals surface area contributed by atoms with Gasteiger partial charge in [0.05, 0.1) is 6.10 Å². The van der Waals surface area contributed by atoms with Gasteiger partial charge in [-0.1, -0.05) is 18.2 Å². The summed E-state index contributed by atoms with van der Waals surface area (Å²) in [5, 5.41) is 11.6. The molecule has 3 rings (SSSR count). The number of carboxylic acids is 1. The van der Waals surface area contributed by atoms with E-state index in [1.165, 1.54) is 0 Å². The fraction of sp³-hybridized carbons (Fsp3) is 0.333. The van der Waals surface area contributed by atoms with Gasteiger partial charge in [-0.05, 0) is 55.2 Å². The third-order valence-electron chi connectivity index (χ3n) is 4.40. The zero-order valence-corrected chi connectivity index (χ0v) is 15.0. The molecule has 0 saturated carbocycles. The average molecular weight is 369 g/mol. The lowest BCUT2D eigenvalue weighted by Gasteiger charge is -2.12. The number of aliphatic carboxylic acids is 1. The highest BCUT2D eigenvalue weighted by molar-refractivity contribution is 6.04. The normalized spacial score (nSPS) is 16.1. The van der Waals surface area contributed by atoms with Crippen molar-refractivity contribution in [1.29, 1.82) is 0 Å². The van der Waals surface area contributed by atoms with Crippen LogP contribution in [0.5, 0.6) is 5.75 Å². The molecule has 1 atom stereocenters. The van der Waals surface area contributed by atoms with E-state index in [2.05, 4.69) is 5.32 Å². The van der Waals surface area contributed by atoms with Crippen molar-refractivity contribution in [3.05, 3.63) is 59.7 Å². The Balaban J connectivity index is 1.55. The second-order valence-corrected chi connectivity index (χ2v) is 6.52. The van der Waals surface area contributed by atoms with Crippen molar-refractivity contribution in [3.63, 3.8) is 0 Å². The maximum absolute atomic E-state index is 12.5. The van der Waals surface area contributed by atoms with Crippen LogP contribution >= 0.6 is 0 Å². The molecule has 0 aromatic heterocycles. The molecular weight excluding hydrogens is 346 g/mol. The number of ether oxygens (including phenoxy) is 2. The highest BCUT2D eigenvalue weighted by Gasteiger charge is 2.16. The van der Waals surface area contributed by atoms with Crippen LogP contribution in [0.1, 0.15) is 35.2 Å². The molecule has 1 heterocycles. The Bertz CT molecular complexity index is 781. The maximum Gasteiger partial charge on any atom is 0.303 e. The molecule has 1 aliphatic rings. The van der Waals surface area contributed by atoms with E-state index in [-0.39, 0.29) is 18.4 Å². The molecule has 1 unspecified atom stereocenters. The standard InChI is InChI=1S/C21H23NO5/c23-20(24)11-8-15-6-9-17(10-7-15)22-21(25)16-3-1-4-18(13-16)27-14-19-5-2-12-26-19/h1,3-4,6-7,9-10,13,19H,2,5,8,11-12,14H2,(H,22,25)(H,23,24). The van der Waals surface area contributed by atoms with Crippen molar-refractivity contribution in [1.82, 2.24) is 0 Å². The van der Waals surface area contributed by atoms with Gasteiger partial charge in [0, 0.05) is 24.3 Å². The molecule has 0 spiro atoms. The molecule has 6 heteroatoms. The van der Waals surface area contributed by atoms with Crippen molar-refractivity contribution in [2.24, 2.45) is 0 Å². The van der Waals surface area contributed by atoms with Crippen molar-refractivity contribution >= 4 is 17.6 Å². The zero-order chi connectivity index (χ0) is 19.1. The Morgan fingerprint density at radius 2 is 2.00 bits per heavy atom. The molecule has 6 nitrogen and oxygen atoms in total. The fourth-order valence-corrected chi connectivity index (χ4v) is 2.90. The van der Waals surface area contributed by atoms with Crippen LogP contribution in [0.25, 0.3) is 0 Å². The quantitative estimate of drug-likeness (QED) is 0.744. The first kappa shape index (κ1) is 18.9. The number of amides is 1. The molecule has 0 aliphatic carbocycles. The van der Waals surface area contributed by atoms with E-state index in [0.29, 0.717) is 30.0 Å². The van der Waals surface area contributed by atoms with E-state index >= 15 is 0 Å². The second kappa shape index (κ2) is 9.19. The molecule has 2 aromatic carbocycles. The Hall–Kier alpha value is -2.86. The first-order chi connectivity index (χ1) is 13.1. The van der Waals surface area contributed by atoms with Gasteiger partial charge in [-0.2, -0.15) is 0 Å². The number of rotatable bonds is 8. The lowest BCUT2D eigenvalue weighted by Crippen LogP contribution is -2.17. The van der Waals surface area contributed by atoms with Gasteiger partial charge in [-0.3, -0.25) is 9.59 Å². The number of hydrogen-bond donors (Lipinski definition) is 2. The van der Waals surface area contributed by atoms with Gasteiger partial charge >= 0.3 is 5.97 Å². The molecule has 1 fully saturated rings. The first-order valence-electron chi connectivity index (χ1n) is 9.07. The number of benzene rings is 2. The number of anilines is 1. The SMILES string of the molecule is O=C(O)CCc1ccc(NC(=O)c2cccc(OCC3CCCO3)c2)cc1. The van der Waals surface area contributed by atoms with E-state index in [1.54, 1.807) is 30.3 Å². The summed E-state index contributed by atoms with van der Waals surface area (Å²) in [4.78, 5) is 23.1. The molecule has 0 radical (unpaired) electrons. The molecule has 0 bridgehead atoms. The van der Waals surface area contributed by atoms with Crippen molar-refractivity contribution in [2.75, 3.05) is 18.5 Å². The zero-order valence-electron chi connectivity index (χ0n) is 15.0. The summed E-state index contributed by atoms with van der Waals surface area (Å²) in [7, 11) is 0. The van der Waals surface area contributed by atoms with Gasteiger partial charge < -0.3 is 19.9 Å². The third-order valence-corrected chi connectivity index (χ3v) is 4.40. The van der Waals surface area contributed by atoms with Crippen LogP contribution in [0.2, 0.25) is 0 Å². The Morgan fingerprint density at radius 1 is 1.19 bits per heavy atom. The minimum atomic E-state index is -0.825. The third kappa shape index (κ3) is 5.82. The van der Waals surface area contributed by atoms with Crippen LogP contribution in [0.3, 0.4) is 0 Å². The second-order valence-electron chi connectivity index (χ2n) is 6.52. The molecule has 27 heavy (non-hydrogen) atoms. The molecule has 1 saturated heterocycles. The van der Waals surface area contributed by atoms with Gasteiger partial charge in [0.1, 0.15) is 12.4 Å². The lowest BCUT2D eigenvalue weighted by molar-refractivity contribution is -0.136. The highest BCUT2D eigenvalue weighted by Crippen LogP contribution is 2.18. The van der Waals surface area contributed by atoms with Crippen LogP contribution in [0, 0.1) is 0 Å². The van der Waals surface area contributed by atoms with Gasteiger partial charge in [0.25, 0.3) is 5.91 Å². The van der Waals surface area contributed by atoms with Gasteiger partial charge in [0.2, 0.25) is 0 Å². The van der Waals surface area contributed by atoms with Crippen molar-refractivity contribution in [2.45, 2.75) is 31.8 Å². The Labute approximate surface area is 158 Å². The van der Waals surface area contributed by atoms with Crippen LogP contribution in [0.15, 0.2) is 48.5 Å². The van der Waals surface area contributed by atoms with Crippen LogP contribution in [-0.2, 0) is 16.0 Å². The topological polar surface area (TPSA) is 84.9 Å². The van der Waals surface area contributed by atoms with E-state index in [9.17, 15) is 9.59 Å². The summed E-state index contributed by atoms with van der Waals surface area (Å²) in [6.07, 6.45) is 2.74. The number of carbonyl (C=O) groups is 2. The van der Waals surface area contributed by atoms with Crippen molar-refractivity contribution < 1.29 is 24.2 Å². The predicted octanol–water partition coefficient (Wildman–Crippen LogP) is 3.51. The fourth-order valence-electron chi connectivity index (χ4n) is 2.90. The number of aryl methyl sites for hydroxylation is 1. The van der Waals surface area contributed by atoms with Crippen LogP contribution in [0.4, 0.5) is 5.69 Å². The monoisotopic (exact) mass is 369 g/mol. The van der Waals surface area contributed by atoms with Gasteiger partial charge in [-0.15, -0.1) is 0 Å². The lowest BCUT2D eigenvalue weighted by atomic mass is 10.1.